The third kappa shape index (κ3) is 6.63. The molecule has 0 unspecified atom stereocenters. The van der Waals surface area contributed by atoms with E-state index in [1.165, 1.54) is 0 Å². The molecule has 0 rings (SSSR count). The fourth-order valence-electron chi connectivity index (χ4n) is 0.532. The van der Waals surface area contributed by atoms with Gasteiger partial charge in [-0.15, -0.1) is 0 Å². The number of hydrogen-bond donors (Lipinski definition) is 4. The third-order valence-electron chi connectivity index (χ3n) is 1.25. The Kier molecular flexibility index (Phi) is 5.43. The van der Waals surface area contributed by atoms with Crippen LogP contribution in [0.15, 0.2) is 5.16 Å². The van der Waals surface area contributed by atoms with Crippen LogP contribution in [0.4, 0.5) is 0 Å². The number of amidine groups is 1. The first-order chi connectivity index (χ1) is 6.37. The molecule has 14 heavy (non-hydrogen) atoms. The summed E-state index contributed by atoms with van der Waals surface area (Å²) >= 11 is 0. The molecule has 0 atom stereocenters. The zero-order valence-corrected chi connectivity index (χ0v) is 9.00. The van der Waals surface area contributed by atoms with Crippen molar-refractivity contribution >= 4 is 16.0 Å². The summed E-state index contributed by atoms with van der Waals surface area (Å²) in [4.78, 5) is 0. The maximum absolute atomic E-state index is 11.1. The molecule has 7 nitrogen and oxygen atoms in total. The Morgan fingerprint density at radius 1 is 1.50 bits per heavy atom. The molecular weight excluding hydrogens is 208 g/mol. The summed E-state index contributed by atoms with van der Waals surface area (Å²) in [5.74, 6) is 0.0235. The highest BCUT2D eigenvalue weighted by Crippen LogP contribution is 1.88. The quantitative estimate of drug-likeness (QED) is 0.196. The molecule has 0 aromatic rings. The molecule has 0 saturated heterocycles. The van der Waals surface area contributed by atoms with E-state index in [-0.39, 0.29) is 18.3 Å². The molecule has 84 valence electrons. The van der Waals surface area contributed by atoms with E-state index in [0.717, 1.165) is 0 Å². The second-order valence-corrected chi connectivity index (χ2v) is 4.74. The SMILES string of the molecule is CC(C)CNS(=O)(=O)NCC(N)=NO. The van der Waals surface area contributed by atoms with Crippen molar-refractivity contribution in [1.82, 2.24) is 9.44 Å². The maximum Gasteiger partial charge on any atom is 0.277 e. The van der Waals surface area contributed by atoms with Gasteiger partial charge < -0.3 is 10.9 Å². The van der Waals surface area contributed by atoms with Crippen molar-refractivity contribution < 1.29 is 13.6 Å². The van der Waals surface area contributed by atoms with Gasteiger partial charge in [0.1, 0.15) is 0 Å². The molecule has 5 N–H and O–H groups in total. The molecule has 0 heterocycles. The largest absolute Gasteiger partial charge is 0.409 e. The maximum atomic E-state index is 11.1. The van der Waals surface area contributed by atoms with Gasteiger partial charge in [0.15, 0.2) is 5.84 Å². The van der Waals surface area contributed by atoms with Crippen molar-refractivity contribution in [3.63, 3.8) is 0 Å². The van der Waals surface area contributed by atoms with Crippen LogP contribution in [0.1, 0.15) is 13.8 Å². The average Bonchev–Trinajstić information content (AvgIpc) is 2.11. The lowest BCUT2D eigenvalue weighted by molar-refractivity contribution is 0.317. The van der Waals surface area contributed by atoms with Gasteiger partial charge in [-0.05, 0) is 5.92 Å². The molecule has 0 bridgehead atoms. The van der Waals surface area contributed by atoms with Crippen LogP contribution in [-0.4, -0.2) is 32.6 Å². The zero-order valence-electron chi connectivity index (χ0n) is 8.19. The van der Waals surface area contributed by atoms with Crippen molar-refractivity contribution in [2.24, 2.45) is 16.8 Å². The minimum absolute atomic E-state index is 0.195. The van der Waals surface area contributed by atoms with E-state index in [1.807, 2.05) is 13.8 Å². The Morgan fingerprint density at radius 2 is 2.07 bits per heavy atom. The fourth-order valence-corrected chi connectivity index (χ4v) is 1.52. The first-order valence-corrected chi connectivity index (χ1v) is 5.56. The van der Waals surface area contributed by atoms with Crippen LogP contribution in [-0.2, 0) is 10.2 Å². The molecule has 0 radical (unpaired) electrons. The highest BCUT2D eigenvalue weighted by atomic mass is 32.2. The summed E-state index contributed by atoms with van der Waals surface area (Å²) in [6, 6.07) is 0. The van der Waals surface area contributed by atoms with E-state index in [2.05, 4.69) is 14.6 Å². The molecule has 0 aliphatic rings. The van der Waals surface area contributed by atoms with E-state index in [4.69, 9.17) is 10.9 Å². The van der Waals surface area contributed by atoms with Crippen LogP contribution in [0.5, 0.6) is 0 Å². The average molecular weight is 224 g/mol. The third-order valence-corrected chi connectivity index (χ3v) is 2.32. The van der Waals surface area contributed by atoms with Gasteiger partial charge in [0, 0.05) is 6.54 Å². The molecule has 0 saturated carbocycles. The van der Waals surface area contributed by atoms with E-state index < -0.39 is 10.2 Å². The lowest BCUT2D eigenvalue weighted by atomic mass is 10.2. The van der Waals surface area contributed by atoms with Gasteiger partial charge in [-0.25, -0.2) is 4.72 Å². The van der Waals surface area contributed by atoms with Crippen LogP contribution >= 0.6 is 0 Å². The predicted octanol–water partition coefficient (Wildman–Crippen LogP) is -1.19. The number of oxime groups is 1. The minimum Gasteiger partial charge on any atom is -0.409 e. The topological polar surface area (TPSA) is 117 Å². The van der Waals surface area contributed by atoms with Gasteiger partial charge in [0.2, 0.25) is 0 Å². The van der Waals surface area contributed by atoms with Crippen molar-refractivity contribution in [3.8, 4) is 0 Å². The van der Waals surface area contributed by atoms with Gasteiger partial charge in [-0.2, -0.15) is 13.1 Å². The summed E-state index contributed by atoms with van der Waals surface area (Å²) in [6.45, 7) is 3.88. The molecule has 0 amide bonds. The minimum atomic E-state index is -3.55. The first-order valence-electron chi connectivity index (χ1n) is 4.08. The molecule has 0 aliphatic heterocycles. The molecular formula is C6H16N4O3S. The van der Waals surface area contributed by atoms with Gasteiger partial charge in [0.05, 0.1) is 6.54 Å². The molecule has 8 heteroatoms. The zero-order chi connectivity index (χ0) is 11.2. The molecule has 0 aromatic carbocycles. The predicted molar refractivity (Wildman–Crippen MR) is 53.2 cm³/mol. The highest BCUT2D eigenvalue weighted by molar-refractivity contribution is 7.87. The molecule has 0 aliphatic carbocycles. The van der Waals surface area contributed by atoms with E-state index in [0.29, 0.717) is 6.54 Å². The van der Waals surface area contributed by atoms with Gasteiger partial charge in [-0.3, -0.25) is 0 Å². The van der Waals surface area contributed by atoms with Crippen molar-refractivity contribution in [2.45, 2.75) is 13.8 Å². The lowest BCUT2D eigenvalue weighted by Gasteiger charge is -2.08. The van der Waals surface area contributed by atoms with Crippen LogP contribution in [0.2, 0.25) is 0 Å². The van der Waals surface area contributed by atoms with Crippen LogP contribution in [0.25, 0.3) is 0 Å². The van der Waals surface area contributed by atoms with Crippen LogP contribution in [0, 0.1) is 5.92 Å². The fraction of sp³-hybridized carbons (Fsp3) is 0.833. The molecule has 0 aromatic heterocycles. The smallest absolute Gasteiger partial charge is 0.277 e. The monoisotopic (exact) mass is 224 g/mol. The first kappa shape index (κ1) is 13.1. The second kappa shape index (κ2) is 5.78. The molecule has 0 fully saturated rings. The van der Waals surface area contributed by atoms with E-state index in [9.17, 15) is 8.42 Å². The number of rotatable bonds is 6. The summed E-state index contributed by atoms with van der Waals surface area (Å²) in [5, 5.41) is 10.8. The summed E-state index contributed by atoms with van der Waals surface area (Å²) < 4.78 is 26.7. The highest BCUT2D eigenvalue weighted by Gasteiger charge is 2.09. The Bertz CT molecular complexity index is 285. The van der Waals surface area contributed by atoms with Gasteiger partial charge in [-0.1, -0.05) is 19.0 Å². The van der Waals surface area contributed by atoms with E-state index >= 15 is 0 Å². The van der Waals surface area contributed by atoms with Gasteiger partial charge in [0.25, 0.3) is 10.2 Å². The number of nitrogens with zero attached hydrogens (tertiary/aromatic N) is 1. The van der Waals surface area contributed by atoms with Crippen molar-refractivity contribution in [3.05, 3.63) is 0 Å². The normalized spacial score (nSPS) is 13.5. The lowest BCUT2D eigenvalue weighted by Crippen LogP contribution is -2.42. The van der Waals surface area contributed by atoms with Crippen molar-refractivity contribution in [1.29, 1.82) is 0 Å². The Hall–Kier alpha value is -0.860. The van der Waals surface area contributed by atoms with Crippen LogP contribution in [0.3, 0.4) is 0 Å². The summed E-state index contributed by atoms with van der Waals surface area (Å²) in [6.07, 6.45) is 0. The van der Waals surface area contributed by atoms with Crippen molar-refractivity contribution in [2.75, 3.05) is 13.1 Å². The Morgan fingerprint density at radius 3 is 2.50 bits per heavy atom. The number of nitrogens with two attached hydrogens (primary N) is 1. The van der Waals surface area contributed by atoms with Gasteiger partial charge >= 0.3 is 0 Å². The summed E-state index contributed by atoms with van der Waals surface area (Å²) in [5.41, 5.74) is 5.08. The van der Waals surface area contributed by atoms with Crippen LogP contribution < -0.4 is 15.2 Å². The second-order valence-electron chi connectivity index (χ2n) is 3.16. The molecule has 0 spiro atoms. The van der Waals surface area contributed by atoms with E-state index in [1.54, 1.807) is 0 Å². The standard InChI is InChI=1S/C6H16N4O3S/c1-5(2)3-8-14(12,13)9-4-6(7)10-11/h5,8-9,11H,3-4H2,1-2H3,(H2,7,10). The Balaban J connectivity index is 3.97. The Labute approximate surface area is 83.5 Å². The summed E-state index contributed by atoms with van der Waals surface area (Å²) in [7, 11) is -3.55. The number of nitrogens with one attached hydrogen (secondary N) is 2. The number of hydrogen-bond acceptors (Lipinski definition) is 4.